The third-order valence-electron chi connectivity index (χ3n) is 7.21. The molecule has 0 spiro atoms. The van der Waals surface area contributed by atoms with Crippen molar-refractivity contribution in [2.24, 2.45) is 0 Å². The van der Waals surface area contributed by atoms with E-state index in [1.165, 1.54) is 44.2 Å². The van der Waals surface area contributed by atoms with Gasteiger partial charge in [0.15, 0.2) is 15.6 Å². The van der Waals surface area contributed by atoms with Crippen LogP contribution in [-0.4, -0.2) is 25.1 Å². The van der Waals surface area contributed by atoms with Crippen LogP contribution in [0, 0.1) is 20.8 Å². The molecule has 1 atom stereocenters. The number of ketones is 1. The van der Waals surface area contributed by atoms with Crippen LogP contribution in [0.2, 0.25) is 0 Å². The first kappa shape index (κ1) is 30.0. The Morgan fingerprint density at radius 3 is 1.94 bits per heavy atom. The number of aromatic hydroxyl groups is 1. The summed E-state index contributed by atoms with van der Waals surface area (Å²) in [7, 11) is -4.41. The number of benzene rings is 2. The molecule has 0 saturated carbocycles. The highest BCUT2D eigenvalue weighted by Gasteiger charge is 2.51. The van der Waals surface area contributed by atoms with Crippen LogP contribution < -0.4 is 0 Å². The molecule has 6 heteroatoms. The lowest BCUT2D eigenvalue weighted by atomic mass is 9.93. The maximum Gasteiger partial charge on any atom is 0.293 e. The van der Waals surface area contributed by atoms with Crippen molar-refractivity contribution in [3.63, 3.8) is 0 Å². The second kappa shape index (κ2) is 13.9. The van der Waals surface area contributed by atoms with E-state index in [9.17, 15) is 18.3 Å². The number of hydrogen-bond donors (Lipinski definition) is 1. The van der Waals surface area contributed by atoms with Gasteiger partial charge in [0.2, 0.25) is 0 Å². The number of phenolic OH excluding ortho intramolecular Hbond substituents is 1. The van der Waals surface area contributed by atoms with Crippen molar-refractivity contribution in [1.82, 2.24) is 0 Å². The highest BCUT2D eigenvalue weighted by atomic mass is 32.2. The molecule has 0 aliphatic carbocycles. The monoisotopic (exact) mass is 518 g/mol. The van der Waals surface area contributed by atoms with Crippen molar-refractivity contribution in [2.75, 3.05) is 5.75 Å². The molecule has 0 saturated heterocycles. The van der Waals surface area contributed by atoms with Crippen molar-refractivity contribution >= 4 is 15.6 Å². The first-order chi connectivity index (χ1) is 17.1. The lowest BCUT2D eigenvalue weighted by Crippen LogP contribution is -2.42. The molecule has 36 heavy (non-hydrogen) atoms. The van der Waals surface area contributed by atoms with E-state index in [0.717, 1.165) is 19.3 Å². The fourth-order valence-corrected chi connectivity index (χ4v) is 6.49. The quantitative estimate of drug-likeness (QED) is 0.232. The van der Waals surface area contributed by atoms with Crippen LogP contribution in [-0.2, 0) is 26.1 Å². The molecule has 0 unspecified atom stereocenters. The molecular formula is C30H43FO4S. The molecule has 200 valence electrons. The van der Waals surface area contributed by atoms with Crippen molar-refractivity contribution in [3.8, 4) is 5.75 Å². The standard InChI is InChI=1S/C30H43FO4S/c1-5-6-7-8-9-10-11-12-13-17-20-36(34,35)30(31,27-18-15-14-16-19-27)28(32)22-26-21-23(2)29(33)25(4)24(26)3/h14-16,18-19,21,33H,5-13,17,20,22H2,1-4H3/t30-/m0/s1. The highest BCUT2D eigenvalue weighted by Crippen LogP contribution is 2.37. The van der Waals surface area contributed by atoms with Crippen LogP contribution in [0.5, 0.6) is 5.75 Å². The van der Waals surface area contributed by atoms with Crippen molar-refractivity contribution in [1.29, 1.82) is 0 Å². The fraction of sp³-hybridized carbons (Fsp3) is 0.567. The van der Waals surface area contributed by atoms with Gasteiger partial charge in [-0.15, -0.1) is 0 Å². The Bertz CT molecular complexity index is 1100. The topological polar surface area (TPSA) is 71.4 Å². The van der Waals surface area contributed by atoms with E-state index in [0.29, 0.717) is 35.1 Å². The minimum Gasteiger partial charge on any atom is -0.507 e. The number of aryl methyl sites for hydroxylation is 1. The molecule has 2 aromatic rings. The summed E-state index contributed by atoms with van der Waals surface area (Å²) < 4.78 is 43.3. The lowest BCUT2D eigenvalue weighted by molar-refractivity contribution is -0.125. The van der Waals surface area contributed by atoms with Crippen LogP contribution in [0.4, 0.5) is 4.39 Å². The van der Waals surface area contributed by atoms with Gasteiger partial charge in [-0.2, -0.15) is 0 Å². The maximum atomic E-state index is 16.6. The Morgan fingerprint density at radius 2 is 1.39 bits per heavy atom. The van der Waals surface area contributed by atoms with Gasteiger partial charge in [0.25, 0.3) is 5.00 Å². The number of Topliss-reactive ketones (excluding diaryl/α,β-unsaturated/α-hetero) is 1. The molecule has 0 amide bonds. The van der Waals surface area contributed by atoms with Gasteiger partial charge in [-0.05, 0) is 49.4 Å². The molecule has 2 rings (SSSR count). The van der Waals surface area contributed by atoms with Gasteiger partial charge in [-0.3, -0.25) is 4.79 Å². The molecule has 0 heterocycles. The lowest BCUT2D eigenvalue weighted by Gasteiger charge is -2.25. The van der Waals surface area contributed by atoms with E-state index in [-0.39, 0.29) is 23.5 Å². The number of unbranched alkanes of at least 4 members (excludes halogenated alkanes) is 9. The highest BCUT2D eigenvalue weighted by molar-refractivity contribution is 7.92. The largest absolute Gasteiger partial charge is 0.507 e. The molecule has 1 N–H and O–H groups in total. The summed E-state index contributed by atoms with van der Waals surface area (Å²) >= 11 is 0. The molecule has 0 aromatic heterocycles. The number of sulfone groups is 1. The molecule has 0 aliphatic heterocycles. The predicted molar refractivity (Wildman–Crippen MR) is 146 cm³/mol. The van der Waals surface area contributed by atoms with Crippen LogP contribution >= 0.6 is 0 Å². The van der Waals surface area contributed by atoms with E-state index < -0.39 is 20.6 Å². The number of rotatable bonds is 16. The first-order valence-corrected chi connectivity index (χ1v) is 15.0. The third kappa shape index (κ3) is 7.41. The number of halogens is 1. The smallest absolute Gasteiger partial charge is 0.293 e. The van der Waals surface area contributed by atoms with Gasteiger partial charge in [0.1, 0.15) is 5.75 Å². The van der Waals surface area contributed by atoms with Gasteiger partial charge in [-0.1, -0.05) is 101 Å². The molecule has 4 nitrogen and oxygen atoms in total. The summed E-state index contributed by atoms with van der Waals surface area (Å²) in [6, 6.07) is 9.14. The zero-order valence-electron chi connectivity index (χ0n) is 22.4. The van der Waals surface area contributed by atoms with E-state index in [4.69, 9.17) is 0 Å². The summed E-state index contributed by atoms with van der Waals surface area (Å²) in [6.45, 7) is 7.38. The summed E-state index contributed by atoms with van der Waals surface area (Å²) in [5.74, 6) is -1.23. The zero-order valence-corrected chi connectivity index (χ0v) is 23.2. The van der Waals surface area contributed by atoms with E-state index in [1.807, 2.05) is 0 Å². The van der Waals surface area contributed by atoms with E-state index in [2.05, 4.69) is 6.92 Å². The number of alkyl halides is 1. The van der Waals surface area contributed by atoms with Gasteiger partial charge < -0.3 is 5.11 Å². The Hall–Kier alpha value is -2.21. The summed E-state index contributed by atoms with van der Waals surface area (Å²) in [4.78, 5) is 13.4. The number of carbonyl (C=O) groups excluding carboxylic acids is 1. The Morgan fingerprint density at radius 1 is 0.861 bits per heavy atom. The molecule has 0 radical (unpaired) electrons. The summed E-state index contributed by atoms with van der Waals surface area (Å²) in [5, 5.41) is 7.07. The van der Waals surface area contributed by atoms with Crippen LogP contribution in [0.1, 0.15) is 98.9 Å². The van der Waals surface area contributed by atoms with Gasteiger partial charge in [0.05, 0.1) is 5.75 Å². The minimum absolute atomic E-state index is 0.131. The van der Waals surface area contributed by atoms with Gasteiger partial charge in [-0.25, -0.2) is 12.8 Å². The average Bonchev–Trinajstić information content (AvgIpc) is 2.86. The van der Waals surface area contributed by atoms with Gasteiger partial charge in [0, 0.05) is 12.0 Å². The fourth-order valence-electron chi connectivity index (χ4n) is 4.71. The number of hydrogen-bond acceptors (Lipinski definition) is 4. The van der Waals surface area contributed by atoms with Crippen LogP contribution in [0.15, 0.2) is 36.4 Å². The summed E-state index contributed by atoms with van der Waals surface area (Å²) in [6.07, 6.45) is 9.96. The van der Waals surface area contributed by atoms with Crippen LogP contribution in [0.25, 0.3) is 0 Å². The second-order valence-corrected chi connectivity index (χ2v) is 12.2. The zero-order chi connectivity index (χ0) is 26.8. The number of phenols is 1. The molecular weight excluding hydrogens is 475 g/mol. The first-order valence-electron chi connectivity index (χ1n) is 13.3. The number of carbonyl (C=O) groups is 1. The third-order valence-corrected chi connectivity index (χ3v) is 9.36. The van der Waals surface area contributed by atoms with Crippen molar-refractivity contribution < 1.29 is 22.7 Å². The van der Waals surface area contributed by atoms with E-state index >= 15 is 4.39 Å². The van der Waals surface area contributed by atoms with E-state index in [1.54, 1.807) is 45.0 Å². The Labute approximate surface area is 217 Å². The Kier molecular flexibility index (Phi) is 11.6. The minimum atomic E-state index is -4.41. The molecule has 2 aromatic carbocycles. The SMILES string of the molecule is CCCCCCCCCCCCS(=O)(=O)[C@](F)(C(=O)Cc1cc(C)c(O)c(C)c1C)c1ccccc1. The van der Waals surface area contributed by atoms with Crippen molar-refractivity contribution in [3.05, 3.63) is 64.2 Å². The second-order valence-electron chi connectivity index (χ2n) is 10.0. The Balaban J connectivity index is 2.12. The maximum absolute atomic E-state index is 16.6. The molecule has 0 aliphatic rings. The summed E-state index contributed by atoms with van der Waals surface area (Å²) in [5.41, 5.74) is 2.22. The molecule has 0 bridgehead atoms. The normalized spacial score (nSPS) is 13.5. The average molecular weight is 519 g/mol. The molecule has 0 fully saturated rings. The van der Waals surface area contributed by atoms with Crippen molar-refractivity contribution in [2.45, 2.75) is 103 Å². The van der Waals surface area contributed by atoms with Gasteiger partial charge >= 0.3 is 0 Å². The van der Waals surface area contributed by atoms with Crippen LogP contribution in [0.3, 0.4) is 0 Å². The predicted octanol–water partition coefficient (Wildman–Crippen LogP) is 7.59.